The largest absolute Gasteiger partial charge is 0.482 e. The molecule has 0 aromatic heterocycles. The second-order valence-electron chi connectivity index (χ2n) is 6.85. The van der Waals surface area contributed by atoms with Gasteiger partial charge in [0, 0.05) is 23.4 Å². The van der Waals surface area contributed by atoms with Crippen molar-refractivity contribution < 1.29 is 19.2 Å². The third-order valence-corrected chi connectivity index (χ3v) is 4.73. The fourth-order valence-corrected chi connectivity index (χ4v) is 2.99. The van der Waals surface area contributed by atoms with Crippen LogP contribution in [0.2, 0.25) is 5.02 Å². The minimum atomic E-state index is -0.597. The SMILES string of the molecule is Cc1ccccc1NC(=O)COc1ccc(/C=N/NC(=O)c2cccc([N+](=O)[O-])c2)cc1Cl. The highest BCUT2D eigenvalue weighted by atomic mass is 35.5. The fraction of sp³-hybridized carbons (Fsp3) is 0.0870. The molecule has 0 saturated carbocycles. The predicted octanol–water partition coefficient (Wildman–Crippen LogP) is 4.34. The summed E-state index contributed by atoms with van der Waals surface area (Å²) in [5, 5.41) is 17.7. The maximum Gasteiger partial charge on any atom is 0.271 e. The minimum Gasteiger partial charge on any atom is -0.482 e. The Bertz CT molecular complexity index is 1230. The zero-order valence-corrected chi connectivity index (χ0v) is 18.2. The van der Waals surface area contributed by atoms with Gasteiger partial charge in [-0.25, -0.2) is 5.43 Å². The van der Waals surface area contributed by atoms with Crippen LogP contribution in [0.4, 0.5) is 11.4 Å². The number of hydrogen-bond donors (Lipinski definition) is 2. The lowest BCUT2D eigenvalue weighted by molar-refractivity contribution is -0.384. The molecular formula is C23H19ClN4O5. The van der Waals surface area contributed by atoms with Crippen LogP contribution in [0.25, 0.3) is 0 Å². The van der Waals surface area contributed by atoms with Gasteiger partial charge in [0.2, 0.25) is 0 Å². The van der Waals surface area contributed by atoms with Gasteiger partial charge >= 0.3 is 0 Å². The van der Waals surface area contributed by atoms with Crippen LogP contribution in [0.5, 0.6) is 5.75 Å². The molecule has 0 unspecified atom stereocenters. The molecule has 0 saturated heterocycles. The Morgan fingerprint density at radius 2 is 1.91 bits per heavy atom. The lowest BCUT2D eigenvalue weighted by Crippen LogP contribution is -2.20. The fourth-order valence-electron chi connectivity index (χ4n) is 2.75. The summed E-state index contributed by atoms with van der Waals surface area (Å²) in [6, 6.07) is 17.5. The Morgan fingerprint density at radius 3 is 2.64 bits per heavy atom. The van der Waals surface area contributed by atoms with E-state index in [1.165, 1.54) is 24.4 Å². The van der Waals surface area contributed by atoms with Gasteiger partial charge in [-0.05, 0) is 48.4 Å². The number of halogens is 1. The normalized spacial score (nSPS) is 10.6. The Kier molecular flexibility index (Phi) is 7.72. The topological polar surface area (TPSA) is 123 Å². The Balaban J connectivity index is 1.54. The first-order valence-electron chi connectivity index (χ1n) is 9.69. The van der Waals surface area contributed by atoms with Crippen LogP contribution >= 0.6 is 11.6 Å². The van der Waals surface area contributed by atoms with Gasteiger partial charge in [0.05, 0.1) is 16.2 Å². The molecular weight excluding hydrogens is 448 g/mol. The number of hydrogen-bond acceptors (Lipinski definition) is 6. The molecule has 0 aliphatic rings. The Morgan fingerprint density at radius 1 is 1.12 bits per heavy atom. The third-order valence-electron chi connectivity index (χ3n) is 4.43. The van der Waals surface area contributed by atoms with E-state index in [0.717, 1.165) is 11.6 Å². The number of hydrazone groups is 1. The molecule has 3 aromatic rings. The van der Waals surface area contributed by atoms with Gasteiger partial charge in [0.25, 0.3) is 17.5 Å². The van der Waals surface area contributed by atoms with Crippen LogP contribution in [0.15, 0.2) is 71.8 Å². The zero-order valence-electron chi connectivity index (χ0n) is 17.4. The van der Waals surface area contributed by atoms with Crippen molar-refractivity contribution >= 4 is 41.0 Å². The first-order chi connectivity index (χ1) is 15.8. The van der Waals surface area contributed by atoms with E-state index in [1.54, 1.807) is 24.3 Å². The molecule has 2 N–H and O–H groups in total. The number of benzene rings is 3. The zero-order chi connectivity index (χ0) is 23.8. The summed E-state index contributed by atoms with van der Waals surface area (Å²) in [4.78, 5) is 34.4. The van der Waals surface area contributed by atoms with E-state index in [0.29, 0.717) is 17.0 Å². The van der Waals surface area contributed by atoms with Crippen molar-refractivity contribution in [2.75, 3.05) is 11.9 Å². The lowest BCUT2D eigenvalue weighted by Gasteiger charge is -2.10. The first kappa shape index (κ1) is 23.4. The van der Waals surface area contributed by atoms with Gasteiger partial charge < -0.3 is 10.1 Å². The first-order valence-corrected chi connectivity index (χ1v) is 10.1. The number of anilines is 1. The van der Waals surface area contributed by atoms with Crippen molar-refractivity contribution in [3.63, 3.8) is 0 Å². The van der Waals surface area contributed by atoms with E-state index in [4.69, 9.17) is 16.3 Å². The molecule has 0 aliphatic carbocycles. The quantitative estimate of drug-likeness (QED) is 0.290. The number of para-hydroxylation sites is 1. The van der Waals surface area contributed by atoms with Gasteiger partial charge in [-0.3, -0.25) is 19.7 Å². The molecule has 3 aromatic carbocycles. The molecule has 2 amide bonds. The van der Waals surface area contributed by atoms with Gasteiger partial charge in [0.1, 0.15) is 5.75 Å². The summed E-state index contributed by atoms with van der Waals surface area (Å²) >= 11 is 6.21. The molecule has 0 atom stereocenters. The molecule has 10 heteroatoms. The summed E-state index contributed by atoms with van der Waals surface area (Å²) in [5.41, 5.74) is 4.41. The van der Waals surface area contributed by atoms with Crippen LogP contribution in [-0.4, -0.2) is 29.6 Å². The van der Waals surface area contributed by atoms with E-state index in [2.05, 4.69) is 15.8 Å². The summed E-state index contributed by atoms with van der Waals surface area (Å²) < 4.78 is 5.48. The third kappa shape index (κ3) is 6.62. The number of aryl methyl sites for hydroxylation is 1. The van der Waals surface area contributed by atoms with Crippen LogP contribution in [-0.2, 0) is 4.79 Å². The van der Waals surface area contributed by atoms with E-state index in [9.17, 15) is 19.7 Å². The average molecular weight is 467 g/mol. The van der Waals surface area contributed by atoms with Crippen LogP contribution in [0, 0.1) is 17.0 Å². The highest BCUT2D eigenvalue weighted by Crippen LogP contribution is 2.25. The van der Waals surface area contributed by atoms with Gasteiger partial charge in [-0.15, -0.1) is 0 Å². The highest BCUT2D eigenvalue weighted by Gasteiger charge is 2.11. The summed E-state index contributed by atoms with van der Waals surface area (Å²) in [7, 11) is 0. The number of nitro benzene ring substituents is 1. The molecule has 168 valence electrons. The number of nitro groups is 1. The van der Waals surface area contributed by atoms with Crippen molar-refractivity contribution in [2.24, 2.45) is 5.10 Å². The molecule has 0 heterocycles. The molecule has 9 nitrogen and oxygen atoms in total. The van der Waals surface area contributed by atoms with Gasteiger partial charge in [0.15, 0.2) is 6.61 Å². The van der Waals surface area contributed by atoms with Crippen molar-refractivity contribution in [3.05, 3.63) is 98.6 Å². The monoisotopic (exact) mass is 466 g/mol. The molecule has 3 rings (SSSR count). The maximum atomic E-state index is 12.1. The molecule has 33 heavy (non-hydrogen) atoms. The molecule has 0 spiro atoms. The average Bonchev–Trinajstić information content (AvgIpc) is 2.80. The molecule has 0 fully saturated rings. The van der Waals surface area contributed by atoms with Crippen LogP contribution in [0.1, 0.15) is 21.5 Å². The molecule has 0 aliphatic heterocycles. The van der Waals surface area contributed by atoms with E-state index < -0.39 is 10.8 Å². The number of non-ortho nitro benzene ring substituents is 1. The second-order valence-corrected chi connectivity index (χ2v) is 7.26. The Hall–Kier alpha value is -4.24. The Labute approximate surface area is 194 Å². The molecule has 0 bridgehead atoms. The molecule has 0 radical (unpaired) electrons. The highest BCUT2D eigenvalue weighted by molar-refractivity contribution is 6.32. The van der Waals surface area contributed by atoms with Crippen molar-refractivity contribution in [3.8, 4) is 5.75 Å². The predicted molar refractivity (Wildman–Crippen MR) is 125 cm³/mol. The number of nitrogens with one attached hydrogen (secondary N) is 2. The summed E-state index contributed by atoms with van der Waals surface area (Å²) in [5.74, 6) is -0.607. The van der Waals surface area contributed by atoms with E-state index in [-0.39, 0.29) is 28.8 Å². The number of rotatable bonds is 8. The number of carbonyl (C=O) groups is 2. The lowest BCUT2D eigenvalue weighted by atomic mass is 10.2. The minimum absolute atomic E-state index is 0.104. The van der Waals surface area contributed by atoms with Crippen molar-refractivity contribution in [2.45, 2.75) is 6.92 Å². The standard InChI is InChI=1S/C23H19ClN4O5/c1-15-5-2-3-8-20(15)26-22(29)14-33-21-10-9-16(11-19(21)24)13-25-27-23(30)17-6-4-7-18(12-17)28(31)32/h2-13H,14H2,1H3,(H,26,29)(H,27,30)/b25-13+. The number of nitrogens with zero attached hydrogens (tertiary/aromatic N) is 2. The smallest absolute Gasteiger partial charge is 0.271 e. The number of amides is 2. The summed E-state index contributed by atoms with van der Waals surface area (Å²) in [6.45, 7) is 1.67. The van der Waals surface area contributed by atoms with E-state index >= 15 is 0 Å². The van der Waals surface area contributed by atoms with Crippen molar-refractivity contribution in [1.29, 1.82) is 0 Å². The number of carbonyl (C=O) groups excluding carboxylic acids is 2. The van der Waals surface area contributed by atoms with Crippen LogP contribution in [0.3, 0.4) is 0 Å². The van der Waals surface area contributed by atoms with E-state index in [1.807, 2.05) is 25.1 Å². The summed E-state index contributed by atoms with van der Waals surface area (Å²) in [6.07, 6.45) is 1.36. The van der Waals surface area contributed by atoms with Crippen molar-refractivity contribution in [1.82, 2.24) is 5.43 Å². The van der Waals surface area contributed by atoms with Gasteiger partial charge in [-0.1, -0.05) is 35.9 Å². The van der Waals surface area contributed by atoms with Gasteiger partial charge in [-0.2, -0.15) is 5.10 Å². The second kappa shape index (κ2) is 10.9. The maximum absolute atomic E-state index is 12.1. The number of ether oxygens (including phenoxy) is 1. The van der Waals surface area contributed by atoms with Crippen LogP contribution < -0.4 is 15.5 Å².